The van der Waals surface area contributed by atoms with Crippen molar-refractivity contribution in [1.82, 2.24) is 54.9 Å². The molecule has 740 valence electrons. The monoisotopic (exact) mass is 1940 g/mol. The van der Waals surface area contributed by atoms with E-state index in [9.17, 15) is 62.5 Å². The predicted octanol–water partition coefficient (Wildman–Crippen LogP) is 15.2. The Balaban J connectivity index is 0.681. The van der Waals surface area contributed by atoms with E-state index in [-0.39, 0.29) is 107 Å². The Morgan fingerprint density at radius 2 is 1.17 bits per heavy atom. The zero-order valence-electron chi connectivity index (χ0n) is 77.0. The average molecular weight is 1940 g/mol. The first-order valence-corrected chi connectivity index (χ1v) is 52.4. The van der Waals surface area contributed by atoms with Gasteiger partial charge < -0.3 is 84.4 Å². The summed E-state index contributed by atoms with van der Waals surface area (Å²) in [6, 6.07) is 4.28. The molecule has 8 rings (SSSR count). The summed E-state index contributed by atoms with van der Waals surface area (Å²) in [5, 5.41) is 34.8. The van der Waals surface area contributed by atoms with Gasteiger partial charge in [-0.2, -0.15) is 0 Å². The number of ether oxygens (including phenoxy) is 7. The largest absolute Gasteiger partial charge is 0.462 e. The standard InChI is InChI=1S/C89H139F2N13O24P2S2/c1-7-9-11-13-15-17-19-21-23-25-27-29-31-33-35-42-71(108)119-53-64(124-72(109)43-36-34-32-30-28-26-24-22-20-18-16-14-12-10-8-2)54-121-89(115)118-50-48-92-68(105)39-37-40-69(106)100-75(60(3)4)85(113)98-61(5)83(111)99-63-46-44-62(45-47-63)52-120-88(114)102(6)49-38-41-70(107)101-80-76-82(95-57-93-80)104(59-97-76)86-74(91)78-67(126-86)56-123-130(117,132)128-79-77(110)66(55-122-129(116,131)127-78)125-87(79)103-51-65(90)73-81(103)94-58-96-84(73)112/h44-47,51,57-61,64,66-67,74-75,77-79,86-87,89,110,115H,7-43,48-50,52-56H2,1-6H3,(H,92,105)(H,98,113)(H,99,111)(H,100,106)(H,116,131)(H,117,132)(H,94,96,112)(H,93,95,101,107)/t61-,64+,66?,67?,74+,75-,77+,78+,79+,86+,87?,89?,129+,130+/m0/s1. The second-order valence-electron chi connectivity index (χ2n) is 34.3. The van der Waals surface area contributed by atoms with E-state index in [1.54, 1.807) is 38.1 Å². The van der Waals surface area contributed by atoms with Gasteiger partial charge in [0, 0.05) is 64.1 Å². The van der Waals surface area contributed by atoms with Crippen LogP contribution < -0.4 is 32.1 Å². The fourth-order valence-electron chi connectivity index (χ4n) is 15.5. The molecular formula is C89H139F2N13O24P2S2. The third-order valence-corrected chi connectivity index (χ3v) is 26.3. The number of esters is 2. The molecule has 6 amide bonds. The van der Waals surface area contributed by atoms with Crippen LogP contribution in [-0.4, -0.2) is 211 Å². The first kappa shape index (κ1) is 110. The molecule has 14 atom stereocenters. The summed E-state index contributed by atoms with van der Waals surface area (Å²) in [6.07, 6.45) is 25.0. The molecule has 132 heavy (non-hydrogen) atoms. The fourth-order valence-corrected chi connectivity index (χ4v) is 18.5. The Morgan fingerprint density at radius 3 is 1.77 bits per heavy atom. The second-order valence-corrected chi connectivity index (χ2v) is 40.1. The number of carbonyl (C=O) groups is 8. The molecule has 3 aliphatic heterocycles. The van der Waals surface area contributed by atoms with E-state index in [1.807, 2.05) is 0 Å². The first-order chi connectivity index (χ1) is 63.4. The van der Waals surface area contributed by atoms with Crippen molar-refractivity contribution in [3.63, 3.8) is 0 Å². The van der Waals surface area contributed by atoms with Gasteiger partial charge in [0.05, 0.1) is 39.1 Å². The highest BCUT2D eigenvalue weighted by atomic mass is 32.7. The van der Waals surface area contributed by atoms with Crippen molar-refractivity contribution in [1.29, 1.82) is 0 Å². The molecule has 0 radical (unpaired) electrons. The van der Waals surface area contributed by atoms with Gasteiger partial charge in [-0.15, -0.1) is 0 Å². The number of alkyl halides is 1. The van der Waals surface area contributed by atoms with E-state index >= 15 is 8.78 Å². The molecule has 0 spiro atoms. The zero-order valence-corrected chi connectivity index (χ0v) is 80.6. The molecule has 43 heteroatoms. The van der Waals surface area contributed by atoms with Gasteiger partial charge in [0.2, 0.25) is 29.5 Å². The van der Waals surface area contributed by atoms with Crippen molar-refractivity contribution in [2.24, 2.45) is 5.92 Å². The van der Waals surface area contributed by atoms with E-state index in [0.29, 0.717) is 24.1 Å². The van der Waals surface area contributed by atoms with Gasteiger partial charge >= 0.3 is 31.6 Å². The number of unbranched alkanes of at least 4 members (excludes halogenated alkanes) is 28. The number of nitrogens with one attached hydrogen (secondary N) is 6. The number of thiol groups is 2. The van der Waals surface area contributed by atoms with Crippen LogP contribution in [0, 0.1) is 11.7 Å². The average Bonchev–Trinajstić information content (AvgIpc) is 1.60. The number of aliphatic hydroxyl groups is 2. The first-order valence-electron chi connectivity index (χ1n) is 47.0. The molecule has 2 bridgehead atoms. The van der Waals surface area contributed by atoms with E-state index in [4.69, 9.17) is 51.3 Å². The Labute approximate surface area is 781 Å². The van der Waals surface area contributed by atoms with Gasteiger partial charge in [0.1, 0.15) is 67.5 Å². The molecule has 7 heterocycles. The van der Waals surface area contributed by atoms with Crippen molar-refractivity contribution in [3.05, 3.63) is 71.2 Å². The number of halogens is 2. The number of carbonyl (C=O) groups excluding carboxylic acids is 8. The number of aromatic amines is 1. The SMILES string of the molecule is CCCCCCCCCCCCCCCCCC(=O)OC[C@H](COC(O)OCCNC(=O)CCCC(=O)N[C@H](C(=O)N[C@@H](C)C(=O)Nc1ccc(COC(=O)N(C)CCCC(=O)Nc2ncnc3c2ncn3[C@@H]2OC3CO[P@@](=O)(S)O[C@H]4C(n5cc(F)c6c(=O)[nH]cnc65)OC(CO[P@@](=O)(S)O[C@H]3[C@H]2F)[C@H]4O)cc1)C(C)C)OC(=O)CCCCCCCCCCCCCCCCC. The topological polar surface area (TPSA) is 470 Å². The Morgan fingerprint density at radius 1 is 0.614 bits per heavy atom. The summed E-state index contributed by atoms with van der Waals surface area (Å²) < 4.78 is 124. The summed E-state index contributed by atoms with van der Waals surface area (Å²) in [4.78, 5) is 138. The van der Waals surface area contributed by atoms with Gasteiger partial charge in [-0.3, -0.25) is 61.0 Å². The van der Waals surface area contributed by atoms with Crippen molar-refractivity contribution in [2.75, 3.05) is 63.8 Å². The van der Waals surface area contributed by atoms with Crippen molar-refractivity contribution < 1.29 is 118 Å². The number of anilines is 2. The molecule has 8 N–H and O–H groups in total. The molecule has 4 unspecified atom stereocenters. The molecule has 4 aromatic heterocycles. The Hall–Kier alpha value is -7.63. The number of fused-ring (bicyclic) bond motifs is 5. The minimum absolute atomic E-state index is 0.0154. The van der Waals surface area contributed by atoms with Gasteiger partial charge in [-0.25, -0.2) is 42.6 Å². The number of H-pyrrole nitrogens is 1. The lowest BCUT2D eigenvalue weighted by molar-refractivity contribution is -0.271. The van der Waals surface area contributed by atoms with Gasteiger partial charge in [0.25, 0.3) is 12.0 Å². The lowest BCUT2D eigenvalue weighted by atomic mass is 10.0. The minimum atomic E-state index is -4.64. The van der Waals surface area contributed by atoms with Gasteiger partial charge in [-0.1, -0.05) is 244 Å². The number of hydrogen-bond acceptors (Lipinski definition) is 28. The van der Waals surface area contributed by atoms with E-state index in [2.05, 4.69) is 89.8 Å². The smallest absolute Gasteiger partial charge is 0.409 e. The molecule has 5 aromatic rings. The van der Waals surface area contributed by atoms with Crippen LogP contribution in [-0.2, 0) is 101 Å². The number of benzene rings is 1. The molecule has 0 aliphatic carbocycles. The number of imidazole rings is 1. The maximum Gasteiger partial charge on any atom is 0.409 e. The number of aromatic nitrogens is 7. The molecular weight excluding hydrogens is 1800 g/mol. The van der Waals surface area contributed by atoms with Crippen LogP contribution in [0.1, 0.15) is 290 Å². The predicted molar refractivity (Wildman–Crippen MR) is 494 cm³/mol. The molecule has 3 saturated heterocycles. The number of rotatable bonds is 61. The van der Waals surface area contributed by atoms with Gasteiger partial charge in [0.15, 0.2) is 53.2 Å². The van der Waals surface area contributed by atoms with Crippen LogP contribution in [0.5, 0.6) is 0 Å². The third-order valence-electron chi connectivity index (χ3n) is 23.1. The number of nitrogens with zero attached hydrogens (tertiary/aromatic N) is 7. The van der Waals surface area contributed by atoms with Crippen LogP contribution in [0.15, 0.2) is 54.2 Å². The van der Waals surface area contributed by atoms with Crippen LogP contribution in [0.2, 0.25) is 0 Å². The maximum atomic E-state index is 16.8. The molecule has 37 nitrogen and oxygen atoms in total. The molecule has 1 aromatic carbocycles. The van der Waals surface area contributed by atoms with Crippen molar-refractivity contribution >= 4 is 119 Å². The van der Waals surface area contributed by atoms with Crippen LogP contribution in [0.25, 0.3) is 22.2 Å². The van der Waals surface area contributed by atoms with Crippen LogP contribution in [0.3, 0.4) is 0 Å². The van der Waals surface area contributed by atoms with E-state index in [0.717, 1.165) is 72.8 Å². The zero-order chi connectivity index (χ0) is 95.4. The quantitative estimate of drug-likeness (QED) is 0.00431. The highest BCUT2D eigenvalue weighted by Crippen LogP contribution is 2.60. The summed E-state index contributed by atoms with van der Waals surface area (Å²) in [5.74, 6) is -5.01. The Kier molecular flexibility index (Phi) is 48.8. The number of amides is 6. The number of aliphatic hydroxyl groups excluding tert-OH is 2. The Bertz CT molecular complexity index is 4540. The normalized spacial score (nSPS) is 21.3. The summed E-state index contributed by atoms with van der Waals surface area (Å²) in [5.41, 5.74) is -0.236. The summed E-state index contributed by atoms with van der Waals surface area (Å²) in [7, 11) is 1.47. The maximum absolute atomic E-state index is 16.8. The third kappa shape index (κ3) is 38.2. The fraction of sp³-hybridized carbons (Fsp3) is 0.719. The van der Waals surface area contributed by atoms with Crippen LogP contribution >= 0.6 is 38.1 Å². The lowest BCUT2D eigenvalue weighted by Gasteiger charge is -2.26. The van der Waals surface area contributed by atoms with Crippen LogP contribution in [0.4, 0.5) is 25.1 Å². The minimum Gasteiger partial charge on any atom is -0.462 e. The second kappa shape index (κ2) is 58.7. The van der Waals surface area contributed by atoms with Crippen molar-refractivity contribution in [2.45, 2.75) is 353 Å². The highest BCUT2D eigenvalue weighted by molar-refractivity contribution is 8.44. The molecule has 3 aliphatic rings. The lowest BCUT2D eigenvalue weighted by Crippen LogP contribution is -2.53. The highest BCUT2D eigenvalue weighted by Gasteiger charge is 2.54. The molecule has 3 fully saturated rings. The summed E-state index contributed by atoms with van der Waals surface area (Å²) >= 11 is 8.14. The van der Waals surface area contributed by atoms with E-state index in [1.165, 1.54) is 160 Å². The van der Waals surface area contributed by atoms with E-state index < -0.39 is 171 Å². The van der Waals surface area contributed by atoms with Gasteiger partial charge in [-0.05, 0) is 56.2 Å². The van der Waals surface area contributed by atoms with Crippen molar-refractivity contribution in [3.8, 4) is 0 Å². The number of hydrogen-bond donors (Lipinski definition) is 10. The molecule has 0 saturated carbocycles. The summed E-state index contributed by atoms with van der Waals surface area (Å²) in [6.45, 7) is -4.06.